The van der Waals surface area contributed by atoms with Crippen LogP contribution in [0.15, 0.2) is 61.3 Å². The Labute approximate surface area is 130 Å². The summed E-state index contributed by atoms with van der Waals surface area (Å²) in [5.74, 6) is 0.315. The Morgan fingerprint density at radius 3 is 2.73 bits per heavy atom. The Morgan fingerprint density at radius 2 is 2.09 bits per heavy atom. The van der Waals surface area contributed by atoms with Crippen LogP contribution in [0.4, 0.5) is 0 Å². The molecule has 0 saturated heterocycles. The smallest absolute Gasteiger partial charge is 0.333 e. The minimum Gasteiger partial charge on any atom is -0.454 e. The molecule has 4 heteroatoms. The van der Waals surface area contributed by atoms with Gasteiger partial charge in [0.15, 0.2) is 0 Å². The summed E-state index contributed by atoms with van der Waals surface area (Å²) in [6.45, 7) is 9.80. The lowest BCUT2D eigenvalue weighted by Crippen LogP contribution is -2.12. The lowest BCUT2D eigenvalue weighted by atomic mass is 10.2. The number of nitrogens with zero attached hydrogens (tertiary/aromatic N) is 2. The van der Waals surface area contributed by atoms with Crippen LogP contribution in [0.3, 0.4) is 0 Å². The lowest BCUT2D eigenvalue weighted by Gasteiger charge is -2.12. The Kier molecular flexibility index (Phi) is 5.31. The molecule has 0 bridgehead atoms. The Hall–Kier alpha value is -2.62. The molecule has 0 atom stereocenters. The molecule has 0 fully saturated rings. The second-order valence-electron chi connectivity index (χ2n) is 5.09. The normalized spacial score (nSPS) is 10.2. The van der Waals surface area contributed by atoms with E-state index in [4.69, 9.17) is 4.74 Å². The highest BCUT2D eigenvalue weighted by Crippen LogP contribution is 2.13. The first-order chi connectivity index (χ1) is 10.6. The molecule has 0 radical (unpaired) electrons. The van der Waals surface area contributed by atoms with Gasteiger partial charge in [-0.15, -0.1) is 6.58 Å². The van der Waals surface area contributed by atoms with E-state index in [0.29, 0.717) is 18.5 Å². The van der Waals surface area contributed by atoms with E-state index < -0.39 is 5.97 Å². The summed E-state index contributed by atoms with van der Waals surface area (Å²) >= 11 is 0. The van der Waals surface area contributed by atoms with Crippen molar-refractivity contribution in [2.45, 2.75) is 26.5 Å². The lowest BCUT2D eigenvalue weighted by molar-refractivity contribution is -0.140. The molecule has 1 heterocycles. The molecular weight excluding hydrogens is 276 g/mol. The van der Waals surface area contributed by atoms with Crippen molar-refractivity contribution < 1.29 is 9.53 Å². The average Bonchev–Trinajstić information content (AvgIpc) is 2.88. The van der Waals surface area contributed by atoms with Gasteiger partial charge in [0.2, 0.25) is 0 Å². The number of carbonyl (C=O) groups is 1. The fraction of sp³-hybridized carbons (Fsp3) is 0.222. The number of imidazole rings is 1. The fourth-order valence-electron chi connectivity index (χ4n) is 2.09. The summed E-state index contributed by atoms with van der Waals surface area (Å²) in [5.41, 5.74) is 2.59. The SMILES string of the molecule is C=CCc1cnc(COC(=O)C(=C)C)n1Cc1ccccc1. The highest BCUT2D eigenvalue weighted by molar-refractivity contribution is 5.86. The van der Waals surface area contributed by atoms with Crippen LogP contribution in [0, 0.1) is 0 Å². The van der Waals surface area contributed by atoms with E-state index in [1.165, 1.54) is 5.56 Å². The zero-order chi connectivity index (χ0) is 15.9. The van der Waals surface area contributed by atoms with Crippen molar-refractivity contribution in [1.29, 1.82) is 0 Å². The third kappa shape index (κ3) is 3.95. The van der Waals surface area contributed by atoms with Gasteiger partial charge >= 0.3 is 5.97 Å². The van der Waals surface area contributed by atoms with Crippen LogP contribution in [0.25, 0.3) is 0 Å². The van der Waals surface area contributed by atoms with E-state index in [1.54, 1.807) is 13.1 Å². The molecule has 1 aromatic carbocycles. The molecule has 0 N–H and O–H groups in total. The van der Waals surface area contributed by atoms with Gasteiger partial charge in [-0.25, -0.2) is 9.78 Å². The number of aromatic nitrogens is 2. The third-order valence-electron chi connectivity index (χ3n) is 3.24. The predicted molar refractivity (Wildman–Crippen MR) is 86.3 cm³/mol. The van der Waals surface area contributed by atoms with Crippen molar-refractivity contribution in [2.24, 2.45) is 0 Å². The second-order valence-corrected chi connectivity index (χ2v) is 5.09. The van der Waals surface area contributed by atoms with Gasteiger partial charge in [-0.05, 0) is 12.5 Å². The number of allylic oxidation sites excluding steroid dienone is 1. The zero-order valence-electron chi connectivity index (χ0n) is 12.8. The molecule has 2 rings (SSSR count). The maximum atomic E-state index is 11.5. The molecule has 0 spiro atoms. The van der Waals surface area contributed by atoms with E-state index >= 15 is 0 Å². The van der Waals surface area contributed by atoms with Crippen LogP contribution in [-0.4, -0.2) is 15.5 Å². The standard InChI is InChI=1S/C18H20N2O2/c1-4-8-16-11-19-17(13-22-18(21)14(2)3)20(16)12-15-9-6-5-7-10-15/h4-7,9-11H,1-2,8,12-13H2,3H3. The first-order valence-corrected chi connectivity index (χ1v) is 7.12. The van der Waals surface area contributed by atoms with Gasteiger partial charge in [0.05, 0.1) is 0 Å². The molecule has 0 unspecified atom stereocenters. The molecule has 22 heavy (non-hydrogen) atoms. The summed E-state index contributed by atoms with van der Waals surface area (Å²) in [5, 5.41) is 0. The molecule has 114 valence electrons. The number of hydrogen-bond acceptors (Lipinski definition) is 3. The van der Waals surface area contributed by atoms with Crippen LogP contribution in [-0.2, 0) is 29.1 Å². The Morgan fingerprint density at radius 1 is 1.36 bits per heavy atom. The number of hydrogen-bond donors (Lipinski definition) is 0. The second kappa shape index (κ2) is 7.41. The number of ether oxygens (including phenoxy) is 1. The maximum Gasteiger partial charge on any atom is 0.333 e. The van der Waals surface area contributed by atoms with Crippen molar-refractivity contribution in [2.75, 3.05) is 0 Å². The van der Waals surface area contributed by atoms with Gasteiger partial charge in [-0.3, -0.25) is 0 Å². The maximum absolute atomic E-state index is 11.5. The topological polar surface area (TPSA) is 44.1 Å². The minimum absolute atomic E-state index is 0.135. The monoisotopic (exact) mass is 296 g/mol. The molecule has 0 aliphatic rings. The van der Waals surface area contributed by atoms with Gasteiger partial charge in [0.25, 0.3) is 0 Å². The van der Waals surface area contributed by atoms with Crippen LogP contribution >= 0.6 is 0 Å². The van der Waals surface area contributed by atoms with Crippen LogP contribution in [0.5, 0.6) is 0 Å². The van der Waals surface area contributed by atoms with E-state index in [-0.39, 0.29) is 6.61 Å². The minimum atomic E-state index is -0.403. The van der Waals surface area contributed by atoms with Gasteiger partial charge in [0, 0.05) is 30.4 Å². The van der Waals surface area contributed by atoms with Gasteiger partial charge in [-0.1, -0.05) is 43.0 Å². The van der Waals surface area contributed by atoms with Crippen molar-refractivity contribution in [3.63, 3.8) is 0 Å². The highest BCUT2D eigenvalue weighted by Gasteiger charge is 2.12. The van der Waals surface area contributed by atoms with Gasteiger partial charge in [-0.2, -0.15) is 0 Å². The molecule has 0 aliphatic heterocycles. The molecule has 0 amide bonds. The van der Waals surface area contributed by atoms with Crippen molar-refractivity contribution >= 4 is 5.97 Å². The van der Waals surface area contributed by atoms with Crippen LogP contribution in [0.2, 0.25) is 0 Å². The van der Waals surface area contributed by atoms with Crippen LogP contribution in [0.1, 0.15) is 24.0 Å². The average molecular weight is 296 g/mol. The Balaban J connectivity index is 2.20. The molecule has 0 aliphatic carbocycles. The van der Waals surface area contributed by atoms with E-state index in [0.717, 1.165) is 11.5 Å². The third-order valence-corrected chi connectivity index (χ3v) is 3.24. The fourth-order valence-corrected chi connectivity index (χ4v) is 2.09. The van der Waals surface area contributed by atoms with E-state index in [2.05, 4.69) is 34.8 Å². The highest BCUT2D eigenvalue weighted by atomic mass is 16.5. The predicted octanol–water partition coefficient (Wildman–Crippen LogP) is 3.28. The van der Waals surface area contributed by atoms with Crippen molar-refractivity contribution in [1.82, 2.24) is 9.55 Å². The quantitative estimate of drug-likeness (QED) is 0.447. The van der Waals surface area contributed by atoms with Gasteiger partial charge in [0.1, 0.15) is 12.4 Å². The van der Waals surface area contributed by atoms with Crippen LogP contribution < -0.4 is 0 Å². The summed E-state index contributed by atoms with van der Waals surface area (Å²) in [6, 6.07) is 10.1. The number of carbonyl (C=O) groups excluding carboxylic acids is 1. The number of rotatable bonds is 7. The summed E-state index contributed by atoms with van der Waals surface area (Å²) in [7, 11) is 0. The molecule has 1 aromatic heterocycles. The zero-order valence-corrected chi connectivity index (χ0v) is 12.8. The summed E-state index contributed by atoms with van der Waals surface area (Å²) in [4.78, 5) is 15.9. The molecule has 0 saturated carbocycles. The number of esters is 1. The first kappa shape index (κ1) is 15.8. The van der Waals surface area contributed by atoms with E-state index in [9.17, 15) is 4.79 Å². The van der Waals surface area contributed by atoms with E-state index in [1.807, 2.05) is 24.3 Å². The Bertz CT molecular complexity index is 672. The molecular formula is C18H20N2O2. The van der Waals surface area contributed by atoms with Gasteiger partial charge < -0.3 is 9.30 Å². The largest absolute Gasteiger partial charge is 0.454 e. The summed E-state index contributed by atoms with van der Waals surface area (Å²) < 4.78 is 7.27. The van der Waals surface area contributed by atoms with Crippen molar-refractivity contribution in [3.05, 3.63) is 78.4 Å². The first-order valence-electron chi connectivity index (χ1n) is 7.12. The number of benzene rings is 1. The molecule has 2 aromatic rings. The summed E-state index contributed by atoms with van der Waals surface area (Å²) in [6.07, 6.45) is 4.35. The molecule has 4 nitrogen and oxygen atoms in total. The van der Waals surface area contributed by atoms with Crippen molar-refractivity contribution in [3.8, 4) is 0 Å².